The molecule has 5 heterocycles. The topological polar surface area (TPSA) is 100 Å². The molecular weight excluding hydrogens is 557 g/mol. The number of carbonyl (C=O) groups is 1. The molecule has 0 radical (unpaired) electrons. The number of halogens is 1. The van der Waals surface area contributed by atoms with Gasteiger partial charge in [-0.1, -0.05) is 18.2 Å². The summed E-state index contributed by atoms with van der Waals surface area (Å²) in [6.45, 7) is 0.365. The molecule has 1 aliphatic rings. The van der Waals surface area contributed by atoms with Crippen LogP contribution in [0.2, 0.25) is 0 Å². The molecule has 1 amide bonds. The summed E-state index contributed by atoms with van der Waals surface area (Å²) in [5.74, 6) is -0.693. The van der Waals surface area contributed by atoms with Crippen LogP contribution in [-0.4, -0.2) is 31.6 Å². The predicted octanol–water partition coefficient (Wildman–Crippen LogP) is 5.97. The largest absolute Gasteiger partial charge is 0.492 e. The highest BCUT2D eigenvalue weighted by Crippen LogP contribution is 2.39. The summed E-state index contributed by atoms with van der Waals surface area (Å²) in [5.41, 5.74) is 2.41. The van der Waals surface area contributed by atoms with E-state index in [1.807, 2.05) is 42.1 Å². The molecule has 42 heavy (non-hydrogen) atoms. The lowest BCUT2D eigenvalue weighted by Gasteiger charge is -2.13. The number of benzene rings is 2. The van der Waals surface area contributed by atoms with Gasteiger partial charge in [-0.05, 0) is 30.3 Å². The molecule has 1 N–H and O–H groups in total. The van der Waals surface area contributed by atoms with Crippen LogP contribution in [0.4, 0.5) is 10.1 Å². The van der Waals surface area contributed by atoms with Gasteiger partial charge < -0.3 is 19.4 Å². The second kappa shape index (κ2) is 10.3. The second-order valence-corrected chi connectivity index (χ2v) is 10.8. The van der Waals surface area contributed by atoms with Crippen molar-refractivity contribution in [3.05, 3.63) is 113 Å². The van der Waals surface area contributed by atoms with E-state index in [1.165, 1.54) is 28.0 Å². The van der Waals surface area contributed by atoms with E-state index >= 15 is 4.39 Å². The summed E-state index contributed by atoms with van der Waals surface area (Å²) in [6, 6.07) is 16.7. The number of carbonyl (C=O) groups excluding carboxylic acids is 1. The van der Waals surface area contributed by atoms with Crippen LogP contribution in [0.3, 0.4) is 0 Å². The fraction of sp³-hybridized carbons (Fsp3) is 0.0968. The Morgan fingerprint density at radius 2 is 1.93 bits per heavy atom. The highest BCUT2D eigenvalue weighted by Gasteiger charge is 2.27. The average molecular weight is 580 g/mol. The lowest BCUT2D eigenvalue weighted by Crippen LogP contribution is -2.29. The van der Waals surface area contributed by atoms with E-state index in [0.29, 0.717) is 30.0 Å². The summed E-state index contributed by atoms with van der Waals surface area (Å²) < 4.78 is 30.9. The average Bonchev–Trinajstić information content (AvgIpc) is 3.74. The highest BCUT2D eigenvalue weighted by atomic mass is 32.1. The van der Waals surface area contributed by atoms with Gasteiger partial charge in [0, 0.05) is 61.1 Å². The molecule has 0 unspecified atom stereocenters. The van der Waals surface area contributed by atoms with Crippen LogP contribution < -0.4 is 20.3 Å². The number of aryl methyl sites for hydroxylation is 1. The van der Waals surface area contributed by atoms with Crippen LogP contribution in [0.25, 0.3) is 26.5 Å². The third-order valence-electron chi connectivity index (χ3n) is 6.86. The maximum absolute atomic E-state index is 15.3. The third-order valence-corrected chi connectivity index (χ3v) is 8.02. The molecule has 0 spiro atoms. The van der Waals surface area contributed by atoms with Crippen molar-refractivity contribution in [3.63, 3.8) is 0 Å². The van der Waals surface area contributed by atoms with Crippen LogP contribution in [0.5, 0.6) is 17.2 Å². The Labute approximate surface area is 242 Å². The number of thiophene rings is 1. The zero-order valence-electron chi connectivity index (χ0n) is 22.2. The molecule has 208 valence electrons. The van der Waals surface area contributed by atoms with Crippen LogP contribution in [0, 0.1) is 5.82 Å². The normalized spacial score (nSPS) is 12.2. The molecule has 0 saturated heterocycles. The summed E-state index contributed by atoms with van der Waals surface area (Å²) >= 11 is 1.45. The number of amides is 1. The van der Waals surface area contributed by atoms with Crippen molar-refractivity contribution in [2.24, 2.45) is 7.05 Å². The number of hydrogen-bond donors (Lipinski definition) is 1. The van der Waals surface area contributed by atoms with E-state index in [1.54, 1.807) is 36.9 Å². The van der Waals surface area contributed by atoms with Crippen molar-refractivity contribution >= 4 is 33.1 Å². The van der Waals surface area contributed by atoms with Gasteiger partial charge in [0.1, 0.15) is 17.1 Å². The van der Waals surface area contributed by atoms with Gasteiger partial charge in [0.2, 0.25) is 0 Å². The minimum absolute atomic E-state index is 0.0244. The number of nitrogens with one attached hydrogen (secondary N) is 1. The van der Waals surface area contributed by atoms with Crippen LogP contribution in [0.1, 0.15) is 15.9 Å². The number of ether oxygens (including phenoxy) is 2. The van der Waals surface area contributed by atoms with Gasteiger partial charge in [-0.3, -0.25) is 19.1 Å². The van der Waals surface area contributed by atoms with Crippen LogP contribution in [-0.2, 0) is 13.5 Å². The Bertz CT molecular complexity index is 2050. The van der Waals surface area contributed by atoms with Crippen LogP contribution >= 0.6 is 11.3 Å². The van der Waals surface area contributed by atoms with Crippen molar-refractivity contribution in [1.29, 1.82) is 0 Å². The first-order chi connectivity index (χ1) is 20.4. The zero-order valence-corrected chi connectivity index (χ0v) is 23.0. The second-order valence-electron chi connectivity index (χ2n) is 9.73. The Hall–Kier alpha value is -5.29. The van der Waals surface area contributed by atoms with Crippen molar-refractivity contribution < 1.29 is 18.7 Å². The number of nitrogens with zero attached hydrogens (tertiary/aromatic N) is 4. The van der Waals surface area contributed by atoms with Crippen LogP contribution in [0.15, 0.2) is 90.4 Å². The first kappa shape index (κ1) is 25.7. The molecule has 2 aromatic carbocycles. The number of imidazole rings is 1. The van der Waals surface area contributed by atoms with E-state index in [4.69, 9.17) is 9.47 Å². The molecule has 0 saturated carbocycles. The number of anilines is 1. The monoisotopic (exact) mass is 579 g/mol. The molecule has 7 rings (SSSR count). The minimum atomic E-state index is -0.687. The smallest absolute Gasteiger partial charge is 0.271 e. The van der Waals surface area contributed by atoms with Gasteiger partial charge in [0.15, 0.2) is 11.6 Å². The van der Waals surface area contributed by atoms with Crippen molar-refractivity contribution in [2.75, 3.05) is 11.9 Å². The van der Waals surface area contributed by atoms with Crippen molar-refractivity contribution in [3.8, 4) is 33.5 Å². The molecule has 0 bridgehead atoms. The highest BCUT2D eigenvalue weighted by molar-refractivity contribution is 7.22. The van der Waals surface area contributed by atoms with Crippen molar-refractivity contribution in [2.45, 2.75) is 6.42 Å². The molecule has 11 heteroatoms. The number of fused-ring (bicyclic) bond motifs is 2. The summed E-state index contributed by atoms with van der Waals surface area (Å²) in [6.07, 6.45) is 7.49. The number of rotatable bonds is 6. The maximum atomic E-state index is 15.3. The standard InChI is InChI=1S/C31H22FN5O4S/c1-36-16-23(34-17-36)26-14-22-29(42-26)25(9-11-33-22)41-24-8-7-19(13-21(24)32)35-30(38)27-28-18(10-12-40-28)15-37(31(27)39)20-5-3-2-4-6-20/h2-9,11,13-17H,10,12H2,1H3,(H,35,38). The quantitative estimate of drug-likeness (QED) is 0.261. The summed E-state index contributed by atoms with van der Waals surface area (Å²) in [7, 11) is 1.90. The number of para-hydroxylation sites is 1. The fourth-order valence-corrected chi connectivity index (χ4v) is 5.90. The SMILES string of the molecule is Cn1cnc(-c2cc3nccc(Oc4ccc(NC(=O)c5c6c(cn(-c7ccccc7)c5=O)CCO6)cc4F)c3s2)c1. The van der Waals surface area contributed by atoms with Gasteiger partial charge in [-0.25, -0.2) is 9.37 Å². The van der Waals surface area contributed by atoms with Gasteiger partial charge >= 0.3 is 0 Å². The number of hydrogen-bond acceptors (Lipinski definition) is 7. The lowest BCUT2D eigenvalue weighted by atomic mass is 10.1. The molecule has 6 aromatic rings. The molecule has 1 aliphatic heterocycles. The predicted molar refractivity (Wildman–Crippen MR) is 157 cm³/mol. The fourth-order valence-electron chi connectivity index (χ4n) is 4.87. The van der Waals surface area contributed by atoms with Gasteiger partial charge in [-0.2, -0.15) is 0 Å². The molecule has 0 fully saturated rings. The zero-order chi connectivity index (χ0) is 28.8. The van der Waals surface area contributed by atoms with Gasteiger partial charge in [0.05, 0.1) is 33.7 Å². The van der Waals surface area contributed by atoms with E-state index in [2.05, 4.69) is 15.3 Å². The van der Waals surface area contributed by atoms with E-state index < -0.39 is 17.3 Å². The molecule has 9 nitrogen and oxygen atoms in total. The van der Waals surface area contributed by atoms with E-state index in [0.717, 1.165) is 26.9 Å². The molecular formula is C31H22FN5O4S. The summed E-state index contributed by atoms with van der Waals surface area (Å²) in [4.78, 5) is 36.5. The first-order valence-electron chi connectivity index (χ1n) is 13.1. The lowest BCUT2D eigenvalue weighted by molar-refractivity contribution is 0.102. The Morgan fingerprint density at radius 3 is 2.71 bits per heavy atom. The summed E-state index contributed by atoms with van der Waals surface area (Å²) in [5, 5.41) is 2.65. The first-order valence-corrected chi connectivity index (χ1v) is 13.9. The molecule has 4 aromatic heterocycles. The van der Waals surface area contributed by atoms with E-state index in [-0.39, 0.29) is 22.7 Å². The third kappa shape index (κ3) is 4.59. The van der Waals surface area contributed by atoms with Gasteiger partial charge in [0.25, 0.3) is 11.5 Å². The minimum Gasteiger partial charge on any atom is -0.492 e. The molecule has 0 aliphatic carbocycles. The maximum Gasteiger partial charge on any atom is 0.271 e. The Morgan fingerprint density at radius 1 is 1.07 bits per heavy atom. The molecule has 0 atom stereocenters. The number of aromatic nitrogens is 4. The van der Waals surface area contributed by atoms with Gasteiger partial charge in [-0.15, -0.1) is 11.3 Å². The van der Waals surface area contributed by atoms with E-state index in [9.17, 15) is 9.59 Å². The van der Waals surface area contributed by atoms with Crippen molar-refractivity contribution in [1.82, 2.24) is 19.1 Å². The number of pyridine rings is 2. The Balaban J connectivity index is 1.16. The Kier molecular flexibility index (Phi) is 6.28.